The summed E-state index contributed by atoms with van der Waals surface area (Å²) in [5.74, 6) is -2.48. The van der Waals surface area contributed by atoms with Crippen LogP contribution in [0.3, 0.4) is 0 Å². The number of imide groups is 1. The van der Waals surface area contributed by atoms with Gasteiger partial charge in [0.15, 0.2) is 0 Å². The fourth-order valence-corrected chi connectivity index (χ4v) is 4.08. The summed E-state index contributed by atoms with van der Waals surface area (Å²) in [5, 5.41) is 3.12. The number of furan rings is 1. The quantitative estimate of drug-likeness (QED) is 0.666. The minimum atomic E-state index is -1.33. The van der Waals surface area contributed by atoms with E-state index in [-0.39, 0.29) is 5.91 Å². The van der Waals surface area contributed by atoms with E-state index in [0.29, 0.717) is 11.4 Å². The standard InChI is InChI=1S/C19H18N2O5/c1-19(18(24)25-2)14-13(15(20-19)12-9-6-10-26-12)16(22)21(17(14)23)11-7-4-3-5-8-11/h3-10,13-15,20H,1-2H3/t13-,14-,15+,19+/m0/s1. The highest BCUT2D eigenvalue weighted by molar-refractivity contribution is 6.24. The molecule has 2 aromatic rings. The molecule has 4 atom stereocenters. The number of esters is 1. The van der Waals surface area contributed by atoms with E-state index in [4.69, 9.17) is 9.15 Å². The van der Waals surface area contributed by atoms with Crippen LogP contribution in [0.15, 0.2) is 53.1 Å². The summed E-state index contributed by atoms with van der Waals surface area (Å²) in [5.41, 5.74) is -0.838. The number of methoxy groups -OCH3 is 1. The van der Waals surface area contributed by atoms with Gasteiger partial charge in [0.1, 0.15) is 11.3 Å². The molecule has 2 aliphatic rings. The van der Waals surface area contributed by atoms with Crippen molar-refractivity contribution in [1.82, 2.24) is 5.32 Å². The van der Waals surface area contributed by atoms with Gasteiger partial charge in [-0.1, -0.05) is 18.2 Å². The number of anilines is 1. The third kappa shape index (κ3) is 2.13. The van der Waals surface area contributed by atoms with Crippen molar-refractivity contribution >= 4 is 23.5 Å². The first kappa shape index (κ1) is 16.5. The molecule has 26 heavy (non-hydrogen) atoms. The summed E-state index contributed by atoms with van der Waals surface area (Å²) in [6.45, 7) is 1.60. The second-order valence-electron chi connectivity index (χ2n) is 6.68. The first-order valence-corrected chi connectivity index (χ1v) is 8.31. The first-order chi connectivity index (χ1) is 12.5. The van der Waals surface area contributed by atoms with Gasteiger partial charge in [0.25, 0.3) is 0 Å². The summed E-state index contributed by atoms with van der Waals surface area (Å²) in [6, 6.07) is 11.5. The Morgan fingerprint density at radius 1 is 1.15 bits per heavy atom. The number of nitrogens with zero attached hydrogens (tertiary/aromatic N) is 1. The Morgan fingerprint density at radius 3 is 2.50 bits per heavy atom. The van der Waals surface area contributed by atoms with Gasteiger partial charge in [0.05, 0.1) is 36.9 Å². The Hall–Kier alpha value is -2.93. The van der Waals surface area contributed by atoms with Crippen molar-refractivity contribution in [3.63, 3.8) is 0 Å². The van der Waals surface area contributed by atoms with Crippen LogP contribution in [-0.2, 0) is 19.1 Å². The summed E-state index contributed by atoms with van der Waals surface area (Å²) in [7, 11) is 1.26. The van der Waals surface area contributed by atoms with Gasteiger partial charge in [-0.05, 0) is 31.2 Å². The topological polar surface area (TPSA) is 88.8 Å². The molecule has 2 aliphatic heterocycles. The van der Waals surface area contributed by atoms with E-state index in [9.17, 15) is 14.4 Å². The van der Waals surface area contributed by atoms with Gasteiger partial charge in [0.2, 0.25) is 11.8 Å². The van der Waals surface area contributed by atoms with Crippen LogP contribution in [0.4, 0.5) is 5.69 Å². The molecule has 0 saturated carbocycles. The predicted octanol–water partition coefficient (Wildman–Crippen LogP) is 1.66. The maximum atomic E-state index is 13.2. The van der Waals surface area contributed by atoms with Gasteiger partial charge < -0.3 is 9.15 Å². The molecule has 1 aromatic heterocycles. The highest BCUT2D eigenvalue weighted by atomic mass is 16.5. The number of hydrogen-bond donors (Lipinski definition) is 1. The van der Waals surface area contributed by atoms with Gasteiger partial charge >= 0.3 is 5.97 Å². The van der Waals surface area contributed by atoms with E-state index in [2.05, 4.69) is 5.32 Å². The Kier molecular flexibility index (Phi) is 3.69. The van der Waals surface area contributed by atoms with Crippen molar-refractivity contribution in [2.45, 2.75) is 18.5 Å². The highest BCUT2D eigenvalue weighted by Gasteiger charge is 2.67. The van der Waals surface area contributed by atoms with Crippen LogP contribution >= 0.6 is 0 Å². The molecular formula is C19H18N2O5. The molecule has 1 N–H and O–H groups in total. The van der Waals surface area contributed by atoms with Crippen LogP contribution < -0.4 is 10.2 Å². The van der Waals surface area contributed by atoms with Crippen molar-refractivity contribution in [1.29, 1.82) is 0 Å². The lowest BCUT2D eigenvalue weighted by atomic mass is 9.81. The van der Waals surface area contributed by atoms with E-state index in [0.717, 1.165) is 4.90 Å². The van der Waals surface area contributed by atoms with Crippen molar-refractivity contribution in [3.8, 4) is 0 Å². The van der Waals surface area contributed by atoms with Crippen molar-refractivity contribution in [3.05, 3.63) is 54.5 Å². The van der Waals surface area contributed by atoms with E-state index >= 15 is 0 Å². The predicted molar refractivity (Wildman–Crippen MR) is 90.9 cm³/mol. The summed E-state index contributed by atoms with van der Waals surface area (Å²) >= 11 is 0. The van der Waals surface area contributed by atoms with Crippen molar-refractivity contribution in [2.75, 3.05) is 12.0 Å². The number of benzene rings is 1. The minimum absolute atomic E-state index is 0.354. The monoisotopic (exact) mass is 354 g/mol. The molecule has 0 radical (unpaired) electrons. The van der Waals surface area contributed by atoms with Gasteiger partial charge in [-0.15, -0.1) is 0 Å². The Morgan fingerprint density at radius 2 is 1.88 bits per heavy atom. The summed E-state index contributed by atoms with van der Waals surface area (Å²) < 4.78 is 10.4. The number of carbonyl (C=O) groups excluding carboxylic acids is 3. The molecule has 7 heteroatoms. The molecular weight excluding hydrogens is 336 g/mol. The Labute approximate surface area is 149 Å². The first-order valence-electron chi connectivity index (χ1n) is 8.31. The third-order valence-electron chi connectivity index (χ3n) is 5.26. The number of nitrogens with one attached hydrogen (secondary N) is 1. The summed E-state index contributed by atoms with van der Waals surface area (Å²) in [6.07, 6.45) is 1.50. The number of para-hydroxylation sites is 1. The lowest BCUT2D eigenvalue weighted by Crippen LogP contribution is -2.54. The maximum Gasteiger partial charge on any atom is 0.326 e. The number of hydrogen-bond acceptors (Lipinski definition) is 6. The van der Waals surface area contributed by atoms with Gasteiger partial charge in [-0.2, -0.15) is 0 Å². The molecule has 0 unspecified atom stereocenters. The molecule has 7 nitrogen and oxygen atoms in total. The number of fused-ring (bicyclic) bond motifs is 1. The highest BCUT2D eigenvalue weighted by Crippen LogP contribution is 2.49. The molecule has 2 saturated heterocycles. The molecule has 2 amide bonds. The van der Waals surface area contributed by atoms with Gasteiger partial charge in [-0.25, -0.2) is 4.90 Å². The minimum Gasteiger partial charge on any atom is -0.468 e. The van der Waals surface area contributed by atoms with Crippen LogP contribution in [0.5, 0.6) is 0 Å². The fourth-order valence-electron chi connectivity index (χ4n) is 4.08. The van der Waals surface area contributed by atoms with Crippen LogP contribution in [0.1, 0.15) is 18.7 Å². The largest absolute Gasteiger partial charge is 0.468 e. The Balaban J connectivity index is 1.83. The maximum absolute atomic E-state index is 13.2. The smallest absolute Gasteiger partial charge is 0.326 e. The zero-order valence-corrected chi connectivity index (χ0v) is 14.3. The number of carbonyl (C=O) groups is 3. The van der Waals surface area contributed by atoms with Crippen LogP contribution in [0, 0.1) is 11.8 Å². The Bertz CT molecular complexity index is 863. The van der Waals surface area contributed by atoms with Crippen LogP contribution in [-0.4, -0.2) is 30.4 Å². The average molecular weight is 354 g/mol. The summed E-state index contributed by atoms with van der Waals surface area (Å²) in [4.78, 5) is 40.0. The molecule has 2 fully saturated rings. The molecule has 0 spiro atoms. The lowest BCUT2D eigenvalue weighted by Gasteiger charge is -2.28. The normalized spacial score (nSPS) is 30.5. The van der Waals surface area contributed by atoms with Gasteiger partial charge in [-0.3, -0.25) is 19.7 Å². The van der Waals surface area contributed by atoms with Crippen LogP contribution in [0.25, 0.3) is 0 Å². The van der Waals surface area contributed by atoms with Crippen molar-refractivity contribution < 1.29 is 23.5 Å². The molecule has 1 aromatic carbocycles. The van der Waals surface area contributed by atoms with E-state index in [1.807, 2.05) is 0 Å². The number of ether oxygens (including phenoxy) is 1. The number of amides is 2. The van der Waals surface area contributed by atoms with E-state index in [1.54, 1.807) is 49.4 Å². The third-order valence-corrected chi connectivity index (χ3v) is 5.26. The number of rotatable bonds is 3. The lowest BCUT2D eigenvalue weighted by molar-refractivity contribution is -0.151. The fraction of sp³-hybridized carbons (Fsp3) is 0.316. The molecule has 134 valence electrons. The van der Waals surface area contributed by atoms with Crippen molar-refractivity contribution in [2.24, 2.45) is 11.8 Å². The second-order valence-corrected chi connectivity index (χ2v) is 6.68. The van der Waals surface area contributed by atoms with E-state index in [1.165, 1.54) is 13.4 Å². The molecule has 0 aliphatic carbocycles. The average Bonchev–Trinajstić information content (AvgIpc) is 3.33. The SMILES string of the molecule is COC(=O)[C@]1(C)N[C@H](c2ccco2)[C@H]2C(=O)N(c3ccccc3)C(=O)[C@H]21. The zero-order valence-electron chi connectivity index (χ0n) is 14.3. The molecule has 3 heterocycles. The second kappa shape index (κ2) is 5.81. The molecule has 0 bridgehead atoms. The van der Waals surface area contributed by atoms with E-state index < -0.39 is 35.3 Å². The molecule has 4 rings (SSSR count). The zero-order chi connectivity index (χ0) is 18.5. The van der Waals surface area contributed by atoms with Gasteiger partial charge in [0, 0.05) is 0 Å². The van der Waals surface area contributed by atoms with Crippen LogP contribution in [0.2, 0.25) is 0 Å².